The van der Waals surface area contributed by atoms with Crippen molar-refractivity contribution in [3.05, 3.63) is 29.8 Å². The first-order valence-corrected chi connectivity index (χ1v) is 6.92. The minimum atomic E-state index is -4.40. The van der Waals surface area contributed by atoms with Crippen LogP contribution < -0.4 is 10.1 Å². The highest BCUT2D eigenvalue weighted by Gasteiger charge is 2.37. The van der Waals surface area contributed by atoms with Gasteiger partial charge in [-0.3, -0.25) is 4.90 Å². The maximum Gasteiger partial charge on any atom is 0.390 e. The number of nitrogens with one attached hydrogen (secondary N) is 1. The minimum absolute atomic E-state index is 0.141. The van der Waals surface area contributed by atoms with E-state index < -0.39 is 25.3 Å². The Morgan fingerprint density at radius 3 is 2.36 bits per heavy atom. The Kier molecular flexibility index (Phi) is 5.57. The molecule has 0 radical (unpaired) electrons. The van der Waals surface area contributed by atoms with Crippen LogP contribution in [0.15, 0.2) is 24.3 Å². The van der Waals surface area contributed by atoms with Crippen LogP contribution >= 0.6 is 0 Å². The summed E-state index contributed by atoms with van der Waals surface area (Å²) in [6.07, 6.45) is -5.50. The van der Waals surface area contributed by atoms with E-state index in [4.69, 9.17) is 0 Å². The number of hydrogen-bond acceptors (Lipinski definition) is 3. The van der Waals surface area contributed by atoms with Crippen molar-refractivity contribution >= 4 is 0 Å². The van der Waals surface area contributed by atoms with E-state index in [1.54, 1.807) is 4.90 Å². The fourth-order valence-corrected chi connectivity index (χ4v) is 2.61. The summed E-state index contributed by atoms with van der Waals surface area (Å²) in [5, 5.41) is 3.06. The third kappa shape index (κ3) is 4.81. The van der Waals surface area contributed by atoms with Crippen LogP contribution in [0.5, 0.6) is 5.75 Å². The molecule has 0 amide bonds. The lowest BCUT2D eigenvalue weighted by molar-refractivity contribution is -0.149. The molecular formula is C14H17F5N2O. The lowest BCUT2D eigenvalue weighted by Crippen LogP contribution is -2.46. The molecule has 0 saturated carbocycles. The molecule has 1 aliphatic heterocycles. The molecule has 0 aliphatic carbocycles. The summed E-state index contributed by atoms with van der Waals surface area (Å²) in [5.41, 5.74) is 0.141. The molecule has 1 fully saturated rings. The molecule has 1 saturated heterocycles. The van der Waals surface area contributed by atoms with Gasteiger partial charge in [0, 0.05) is 37.8 Å². The van der Waals surface area contributed by atoms with Gasteiger partial charge in [0.1, 0.15) is 5.75 Å². The maximum atomic E-state index is 12.9. The van der Waals surface area contributed by atoms with Crippen molar-refractivity contribution in [1.82, 2.24) is 10.2 Å². The van der Waals surface area contributed by atoms with Gasteiger partial charge in [-0.15, -0.1) is 0 Å². The molecule has 3 nitrogen and oxygen atoms in total. The zero-order chi connectivity index (χ0) is 16.2. The Morgan fingerprint density at radius 1 is 1.14 bits per heavy atom. The van der Waals surface area contributed by atoms with Gasteiger partial charge in [-0.25, -0.2) is 0 Å². The Morgan fingerprint density at radius 2 is 1.77 bits per heavy atom. The second kappa shape index (κ2) is 7.23. The molecule has 0 aromatic heterocycles. The van der Waals surface area contributed by atoms with Gasteiger partial charge in [-0.05, 0) is 6.07 Å². The minimum Gasteiger partial charge on any atom is -0.434 e. The standard InChI is InChI=1S/C14H17F5N2O/c15-13(16)22-12-4-2-1-3-10(12)11(9-14(17,18)19)21-7-5-20-6-8-21/h1-4,11,13,20H,5-9H2/t11-/m0/s1. The van der Waals surface area contributed by atoms with Crippen molar-refractivity contribution in [3.63, 3.8) is 0 Å². The van der Waals surface area contributed by atoms with Crippen molar-refractivity contribution in [1.29, 1.82) is 0 Å². The number of rotatable bonds is 5. The highest BCUT2D eigenvalue weighted by atomic mass is 19.4. The number of benzene rings is 1. The summed E-state index contributed by atoms with van der Waals surface area (Å²) in [5.74, 6) is -0.203. The summed E-state index contributed by atoms with van der Waals surface area (Å²) >= 11 is 0. The average Bonchev–Trinajstić information content (AvgIpc) is 2.45. The van der Waals surface area contributed by atoms with Gasteiger partial charge in [-0.1, -0.05) is 18.2 Å². The van der Waals surface area contributed by atoms with E-state index in [1.807, 2.05) is 0 Å². The first kappa shape index (κ1) is 17.0. The molecule has 2 rings (SSSR count). The Labute approximate surface area is 125 Å². The quantitative estimate of drug-likeness (QED) is 0.842. The number of piperazine rings is 1. The molecule has 0 bridgehead atoms. The van der Waals surface area contributed by atoms with Crippen molar-refractivity contribution in [3.8, 4) is 5.75 Å². The topological polar surface area (TPSA) is 24.5 Å². The van der Waals surface area contributed by atoms with Crippen molar-refractivity contribution in [2.45, 2.75) is 25.3 Å². The molecule has 22 heavy (non-hydrogen) atoms. The van der Waals surface area contributed by atoms with E-state index >= 15 is 0 Å². The number of para-hydroxylation sites is 1. The lowest BCUT2D eigenvalue weighted by Gasteiger charge is -2.36. The Balaban J connectivity index is 2.31. The molecule has 8 heteroatoms. The first-order valence-electron chi connectivity index (χ1n) is 6.92. The third-order valence-electron chi connectivity index (χ3n) is 3.51. The lowest BCUT2D eigenvalue weighted by atomic mass is 9.99. The predicted octanol–water partition coefficient (Wildman–Crippen LogP) is 3.19. The highest BCUT2D eigenvalue weighted by molar-refractivity contribution is 5.36. The SMILES string of the molecule is FC(F)Oc1ccccc1[C@H](CC(F)(F)F)N1CCNCC1. The zero-order valence-electron chi connectivity index (χ0n) is 11.7. The van der Waals surface area contributed by atoms with E-state index in [2.05, 4.69) is 10.1 Å². The summed E-state index contributed by atoms with van der Waals surface area (Å²) in [7, 11) is 0. The molecule has 1 aromatic rings. The second-order valence-corrected chi connectivity index (χ2v) is 5.04. The zero-order valence-corrected chi connectivity index (χ0v) is 11.7. The number of alkyl halides is 5. The normalized spacial score (nSPS) is 18.5. The summed E-state index contributed by atoms with van der Waals surface area (Å²) < 4.78 is 68.1. The van der Waals surface area contributed by atoms with Gasteiger partial charge >= 0.3 is 12.8 Å². The molecule has 1 aromatic carbocycles. The molecule has 1 atom stereocenters. The van der Waals surface area contributed by atoms with E-state index in [9.17, 15) is 22.0 Å². The largest absolute Gasteiger partial charge is 0.434 e. The number of halogens is 5. The van der Waals surface area contributed by atoms with Crippen molar-refractivity contribution < 1.29 is 26.7 Å². The highest BCUT2D eigenvalue weighted by Crippen LogP contribution is 2.38. The van der Waals surface area contributed by atoms with E-state index in [0.29, 0.717) is 26.2 Å². The van der Waals surface area contributed by atoms with Crippen LogP contribution in [0.2, 0.25) is 0 Å². The van der Waals surface area contributed by atoms with Gasteiger partial charge < -0.3 is 10.1 Å². The fraction of sp³-hybridized carbons (Fsp3) is 0.571. The Bertz CT molecular complexity index is 475. The van der Waals surface area contributed by atoms with E-state index in [-0.39, 0.29) is 11.3 Å². The number of hydrogen-bond donors (Lipinski definition) is 1. The van der Waals surface area contributed by atoms with Gasteiger partial charge in [0.05, 0.1) is 6.42 Å². The fourth-order valence-electron chi connectivity index (χ4n) is 2.61. The summed E-state index contributed by atoms with van der Waals surface area (Å²) in [6, 6.07) is 4.64. The third-order valence-corrected chi connectivity index (χ3v) is 3.51. The van der Waals surface area contributed by atoms with Crippen LogP contribution in [-0.2, 0) is 0 Å². The predicted molar refractivity (Wildman–Crippen MR) is 70.9 cm³/mol. The van der Waals surface area contributed by atoms with Crippen molar-refractivity contribution in [2.75, 3.05) is 26.2 Å². The smallest absolute Gasteiger partial charge is 0.390 e. The van der Waals surface area contributed by atoms with Gasteiger partial charge in [0.25, 0.3) is 0 Å². The molecule has 1 heterocycles. The van der Waals surface area contributed by atoms with Crippen LogP contribution in [0.25, 0.3) is 0 Å². The van der Waals surface area contributed by atoms with Crippen LogP contribution in [0.1, 0.15) is 18.0 Å². The molecule has 0 unspecified atom stereocenters. The van der Waals surface area contributed by atoms with Gasteiger partial charge in [0.15, 0.2) is 0 Å². The number of nitrogens with zero attached hydrogens (tertiary/aromatic N) is 1. The Hall–Kier alpha value is -1.41. The van der Waals surface area contributed by atoms with Crippen LogP contribution in [0.3, 0.4) is 0 Å². The maximum absolute atomic E-state index is 12.9. The molecular weight excluding hydrogens is 307 g/mol. The van der Waals surface area contributed by atoms with Gasteiger partial charge in [-0.2, -0.15) is 22.0 Å². The summed E-state index contributed by atoms with van der Waals surface area (Å²) in [4.78, 5) is 1.65. The second-order valence-electron chi connectivity index (χ2n) is 5.04. The van der Waals surface area contributed by atoms with E-state index in [0.717, 1.165) is 0 Å². The molecule has 1 aliphatic rings. The first-order chi connectivity index (χ1) is 10.4. The molecule has 124 valence electrons. The van der Waals surface area contributed by atoms with Crippen LogP contribution in [0.4, 0.5) is 22.0 Å². The van der Waals surface area contributed by atoms with Crippen LogP contribution in [-0.4, -0.2) is 43.9 Å². The monoisotopic (exact) mass is 324 g/mol. The van der Waals surface area contributed by atoms with Gasteiger partial charge in [0.2, 0.25) is 0 Å². The van der Waals surface area contributed by atoms with Crippen molar-refractivity contribution in [2.24, 2.45) is 0 Å². The summed E-state index contributed by atoms with van der Waals surface area (Å²) in [6.45, 7) is -1.11. The molecule has 1 N–H and O–H groups in total. The average molecular weight is 324 g/mol. The number of ether oxygens (including phenoxy) is 1. The van der Waals surface area contributed by atoms with E-state index in [1.165, 1.54) is 24.3 Å². The van der Waals surface area contributed by atoms with Crippen LogP contribution in [0, 0.1) is 0 Å². The molecule has 0 spiro atoms.